The number of thiazole rings is 1. The van der Waals surface area contributed by atoms with Crippen molar-refractivity contribution < 1.29 is 9.90 Å². The highest BCUT2D eigenvalue weighted by Crippen LogP contribution is 2.20. The molecule has 1 fully saturated rings. The topological polar surface area (TPSA) is 79.5 Å². The van der Waals surface area contributed by atoms with Crippen LogP contribution in [0.15, 0.2) is 10.9 Å². The van der Waals surface area contributed by atoms with Crippen molar-refractivity contribution in [3.63, 3.8) is 0 Å². The Hall–Kier alpha value is -0.980. The smallest absolute Gasteiger partial charge is 0.325 e. The van der Waals surface area contributed by atoms with E-state index < -0.39 is 11.5 Å². The Kier molecular flexibility index (Phi) is 2.72. The van der Waals surface area contributed by atoms with Crippen molar-refractivity contribution in [1.82, 2.24) is 9.88 Å². The molecule has 2 rings (SSSR count). The van der Waals surface area contributed by atoms with Gasteiger partial charge in [-0.25, -0.2) is 4.98 Å². The third-order valence-electron chi connectivity index (χ3n) is 2.67. The van der Waals surface area contributed by atoms with Gasteiger partial charge in [-0.2, -0.15) is 0 Å². The second-order valence-corrected chi connectivity index (χ2v) is 4.62. The van der Waals surface area contributed by atoms with Gasteiger partial charge >= 0.3 is 5.97 Å². The maximum absolute atomic E-state index is 10.9. The van der Waals surface area contributed by atoms with Gasteiger partial charge < -0.3 is 10.8 Å². The van der Waals surface area contributed by atoms with Gasteiger partial charge in [0.1, 0.15) is 5.54 Å². The predicted octanol–water partition coefficient (Wildman–Crippen LogP) is 0.131. The first-order valence-corrected chi connectivity index (χ1v) is 5.66. The molecular weight excluding hydrogens is 214 g/mol. The molecule has 1 aromatic rings. The number of aromatic nitrogens is 1. The van der Waals surface area contributed by atoms with Gasteiger partial charge in [-0.1, -0.05) is 0 Å². The SMILES string of the molecule is NC1(C(=O)O)CCN(Cc2cscn2)C1. The van der Waals surface area contributed by atoms with E-state index in [9.17, 15) is 4.79 Å². The minimum atomic E-state index is -1.07. The van der Waals surface area contributed by atoms with Crippen molar-refractivity contribution >= 4 is 17.3 Å². The molecule has 0 bridgehead atoms. The second-order valence-electron chi connectivity index (χ2n) is 3.90. The number of carboxylic acids is 1. The van der Waals surface area contributed by atoms with Gasteiger partial charge in [-0.05, 0) is 6.42 Å². The van der Waals surface area contributed by atoms with Crippen molar-refractivity contribution in [2.24, 2.45) is 5.73 Å². The van der Waals surface area contributed by atoms with Crippen LogP contribution in [-0.2, 0) is 11.3 Å². The van der Waals surface area contributed by atoms with Gasteiger partial charge in [0.15, 0.2) is 0 Å². The summed E-state index contributed by atoms with van der Waals surface area (Å²) in [5, 5.41) is 10.9. The lowest BCUT2D eigenvalue weighted by Gasteiger charge is -2.19. The summed E-state index contributed by atoms with van der Waals surface area (Å²) in [6.45, 7) is 1.82. The summed E-state index contributed by atoms with van der Waals surface area (Å²) in [6.07, 6.45) is 0.506. The molecule has 1 unspecified atom stereocenters. The molecule has 15 heavy (non-hydrogen) atoms. The van der Waals surface area contributed by atoms with Crippen molar-refractivity contribution in [3.05, 3.63) is 16.6 Å². The summed E-state index contributed by atoms with van der Waals surface area (Å²) in [4.78, 5) is 17.1. The van der Waals surface area contributed by atoms with Crippen LogP contribution >= 0.6 is 11.3 Å². The molecular formula is C9H13N3O2S. The standard InChI is InChI=1S/C9H13N3O2S/c10-9(8(13)14)1-2-12(5-9)3-7-4-15-6-11-7/h4,6H,1-3,5,10H2,(H,13,14). The summed E-state index contributed by atoms with van der Waals surface area (Å²) >= 11 is 1.54. The fourth-order valence-corrected chi connectivity index (χ4v) is 2.32. The summed E-state index contributed by atoms with van der Waals surface area (Å²) in [6, 6.07) is 0. The molecule has 0 radical (unpaired) electrons. The number of carboxylic acid groups (broad SMARTS) is 1. The summed E-state index contributed by atoms with van der Waals surface area (Å²) < 4.78 is 0. The van der Waals surface area contributed by atoms with E-state index in [1.54, 1.807) is 16.8 Å². The van der Waals surface area contributed by atoms with Gasteiger partial charge in [0.2, 0.25) is 0 Å². The van der Waals surface area contributed by atoms with Crippen LogP contribution in [0.2, 0.25) is 0 Å². The summed E-state index contributed by atoms with van der Waals surface area (Å²) in [5.41, 5.74) is 7.45. The molecule has 82 valence electrons. The average molecular weight is 227 g/mol. The van der Waals surface area contributed by atoms with Gasteiger partial charge in [0.25, 0.3) is 0 Å². The molecule has 1 aromatic heterocycles. The number of likely N-dealkylation sites (tertiary alicyclic amines) is 1. The molecule has 0 amide bonds. The van der Waals surface area contributed by atoms with E-state index in [1.165, 1.54) is 0 Å². The maximum Gasteiger partial charge on any atom is 0.325 e. The average Bonchev–Trinajstić information content (AvgIpc) is 2.77. The Morgan fingerprint density at radius 2 is 2.60 bits per heavy atom. The van der Waals surface area contributed by atoms with E-state index in [2.05, 4.69) is 4.98 Å². The van der Waals surface area contributed by atoms with Crippen LogP contribution < -0.4 is 5.73 Å². The minimum Gasteiger partial charge on any atom is -0.480 e. The number of nitrogens with two attached hydrogens (primary N) is 1. The lowest BCUT2D eigenvalue weighted by Crippen LogP contribution is -2.50. The van der Waals surface area contributed by atoms with Crippen LogP contribution in [0.3, 0.4) is 0 Å². The fourth-order valence-electron chi connectivity index (χ4n) is 1.77. The third kappa shape index (κ3) is 2.17. The van der Waals surface area contributed by atoms with Crippen molar-refractivity contribution in [2.45, 2.75) is 18.5 Å². The predicted molar refractivity (Wildman–Crippen MR) is 56.6 cm³/mol. The molecule has 3 N–H and O–H groups in total. The van der Waals surface area contributed by atoms with E-state index in [1.807, 2.05) is 10.3 Å². The zero-order chi connectivity index (χ0) is 10.9. The van der Waals surface area contributed by atoms with Crippen molar-refractivity contribution in [2.75, 3.05) is 13.1 Å². The maximum atomic E-state index is 10.9. The lowest BCUT2D eigenvalue weighted by atomic mass is 10.0. The molecule has 6 heteroatoms. The molecule has 1 saturated heterocycles. The summed E-state index contributed by atoms with van der Waals surface area (Å²) in [7, 11) is 0. The van der Waals surface area contributed by atoms with Gasteiger partial charge in [0, 0.05) is 25.0 Å². The van der Waals surface area contributed by atoms with E-state index in [0.29, 0.717) is 19.5 Å². The van der Waals surface area contributed by atoms with Crippen LogP contribution in [0.25, 0.3) is 0 Å². The number of rotatable bonds is 3. The Morgan fingerprint density at radius 1 is 1.80 bits per heavy atom. The minimum absolute atomic E-state index is 0.403. The number of hydrogen-bond donors (Lipinski definition) is 2. The molecule has 0 saturated carbocycles. The molecule has 0 aromatic carbocycles. The van der Waals surface area contributed by atoms with Crippen LogP contribution in [0.5, 0.6) is 0 Å². The second kappa shape index (κ2) is 3.88. The molecule has 0 aliphatic carbocycles. The van der Waals surface area contributed by atoms with E-state index in [0.717, 1.165) is 12.2 Å². The largest absolute Gasteiger partial charge is 0.480 e. The highest BCUT2D eigenvalue weighted by molar-refractivity contribution is 7.07. The quantitative estimate of drug-likeness (QED) is 0.767. The van der Waals surface area contributed by atoms with E-state index in [-0.39, 0.29) is 0 Å². The normalized spacial score (nSPS) is 27.0. The highest BCUT2D eigenvalue weighted by Gasteiger charge is 2.41. The van der Waals surface area contributed by atoms with E-state index in [4.69, 9.17) is 10.8 Å². The zero-order valence-electron chi connectivity index (χ0n) is 8.22. The zero-order valence-corrected chi connectivity index (χ0v) is 9.04. The Bertz CT molecular complexity index is 354. The van der Waals surface area contributed by atoms with Crippen molar-refractivity contribution in [3.8, 4) is 0 Å². The first-order chi connectivity index (χ1) is 7.10. The van der Waals surface area contributed by atoms with Crippen LogP contribution in [0.1, 0.15) is 12.1 Å². The first-order valence-electron chi connectivity index (χ1n) is 4.72. The first kappa shape index (κ1) is 10.5. The highest BCUT2D eigenvalue weighted by atomic mass is 32.1. The molecule has 2 heterocycles. The number of hydrogen-bond acceptors (Lipinski definition) is 5. The van der Waals surface area contributed by atoms with Crippen LogP contribution in [0.4, 0.5) is 0 Å². The number of carbonyl (C=O) groups is 1. The van der Waals surface area contributed by atoms with Gasteiger partial charge in [-0.3, -0.25) is 9.69 Å². The Morgan fingerprint density at radius 3 is 3.13 bits per heavy atom. The summed E-state index contributed by atoms with van der Waals surface area (Å²) in [5.74, 6) is -0.914. The molecule has 5 nitrogen and oxygen atoms in total. The molecule has 0 spiro atoms. The third-order valence-corrected chi connectivity index (χ3v) is 3.31. The van der Waals surface area contributed by atoms with E-state index >= 15 is 0 Å². The van der Waals surface area contributed by atoms with Crippen LogP contribution in [-0.4, -0.2) is 39.6 Å². The molecule has 1 atom stereocenters. The number of nitrogens with zero attached hydrogens (tertiary/aromatic N) is 2. The molecule has 1 aliphatic rings. The monoisotopic (exact) mass is 227 g/mol. The number of aliphatic carboxylic acids is 1. The lowest BCUT2D eigenvalue weighted by molar-refractivity contribution is -0.142. The Labute approximate surface area is 91.5 Å². The van der Waals surface area contributed by atoms with Gasteiger partial charge in [-0.15, -0.1) is 11.3 Å². The van der Waals surface area contributed by atoms with Gasteiger partial charge in [0.05, 0.1) is 11.2 Å². The van der Waals surface area contributed by atoms with Crippen molar-refractivity contribution in [1.29, 1.82) is 0 Å². The van der Waals surface area contributed by atoms with Crippen LogP contribution in [0, 0.1) is 0 Å². The fraction of sp³-hybridized carbons (Fsp3) is 0.556. The Balaban J connectivity index is 1.96. The molecule has 1 aliphatic heterocycles.